The molecule has 0 aromatic rings. The molecule has 0 aromatic carbocycles. The van der Waals surface area contributed by atoms with Crippen molar-refractivity contribution in [3.8, 4) is 0 Å². The summed E-state index contributed by atoms with van der Waals surface area (Å²) in [5.41, 5.74) is -0.197. The normalized spacial score (nSPS) is 36.7. The van der Waals surface area contributed by atoms with Crippen LogP contribution in [0.4, 0.5) is 0 Å². The fourth-order valence-electron chi connectivity index (χ4n) is 3.15. The molecule has 2 heterocycles. The molecule has 6 nitrogen and oxygen atoms in total. The van der Waals surface area contributed by atoms with Crippen molar-refractivity contribution < 1.29 is 28.9 Å². The van der Waals surface area contributed by atoms with Gasteiger partial charge in [0.15, 0.2) is 5.60 Å². The monoisotopic (exact) mass is 292 g/mol. The first-order valence-corrected chi connectivity index (χ1v) is 6.78. The van der Waals surface area contributed by atoms with Crippen molar-refractivity contribution in [3.05, 3.63) is 35.6 Å². The molecule has 21 heavy (non-hydrogen) atoms. The minimum Gasteiger partial charge on any atom is -0.472 e. The van der Waals surface area contributed by atoms with Crippen LogP contribution in [-0.2, 0) is 23.8 Å². The number of allylic oxidation sites excluding steroid dienone is 1. The van der Waals surface area contributed by atoms with E-state index >= 15 is 0 Å². The first kappa shape index (κ1) is 13.9. The standard InChI is InChI=1S/C15H16O6/c1-3-8-6-15(21-12(8)16)5-4-9-10(13(17)19-2)7-20-14(18)11(9)15/h4-7,9,11,14,18H,3H2,1-2H3. The van der Waals surface area contributed by atoms with Crippen molar-refractivity contribution in [3.63, 3.8) is 0 Å². The summed E-state index contributed by atoms with van der Waals surface area (Å²) in [4.78, 5) is 23.7. The lowest BCUT2D eigenvalue weighted by Crippen LogP contribution is -2.46. The molecule has 112 valence electrons. The Balaban J connectivity index is 1.99. The van der Waals surface area contributed by atoms with E-state index in [1.54, 1.807) is 18.2 Å². The summed E-state index contributed by atoms with van der Waals surface area (Å²) in [5.74, 6) is -1.93. The van der Waals surface area contributed by atoms with E-state index in [0.717, 1.165) is 0 Å². The summed E-state index contributed by atoms with van der Waals surface area (Å²) >= 11 is 0. The second kappa shape index (κ2) is 4.73. The van der Waals surface area contributed by atoms with Crippen molar-refractivity contribution in [1.82, 2.24) is 0 Å². The molecule has 0 amide bonds. The van der Waals surface area contributed by atoms with Gasteiger partial charge >= 0.3 is 11.9 Å². The minimum atomic E-state index is -1.17. The van der Waals surface area contributed by atoms with Crippen LogP contribution in [0.2, 0.25) is 0 Å². The Kier molecular flexibility index (Phi) is 3.13. The van der Waals surface area contributed by atoms with Gasteiger partial charge in [0.1, 0.15) is 0 Å². The van der Waals surface area contributed by atoms with E-state index in [4.69, 9.17) is 14.2 Å². The molecule has 4 atom stereocenters. The number of rotatable bonds is 2. The predicted molar refractivity (Wildman–Crippen MR) is 70.5 cm³/mol. The van der Waals surface area contributed by atoms with E-state index < -0.39 is 35.7 Å². The highest BCUT2D eigenvalue weighted by molar-refractivity contribution is 5.93. The summed E-state index contributed by atoms with van der Waals surface area (Å²) in [5, 5.41) is 10.1. The third-order valence-corrected chi connectivity index (χ3v) is 4.21. The molecule has 0 radical (unpaired) electrons. The SMILES string of the molecule is CCC1=CC2(C=CC3C(C(=O)OC)=COC(O)C32)OC1=O. The van der Waals surface area contributed by atoms with Crippen molar-refractivity contribution in [2.45, 2.75) is 25.2 Å². The first-order valence-electron chi connectivity index (χ1n) is 6.78. The molecule has 0 saturated carbocycles. The van der Waals surface area contributed by atoms with E-state index in [1.807, 2.05) is 6.92 Å². The summed E-state index contributed by atoms with van der Waals surface area (Å²) in [6.45, 7) is 1.86. The predicted octanol–water partition coefficient (Wildman–Crippen LogP) is 0.826. The molecule has 0 saturated heterocycles. The smallest absolute Gasteiger partial charge is 0.337 e. The van der Waals surface area contributed by atoms with E-state index in [9.17, 15) is 14.7 Å². The largest absolute Gasteiger partial charge is 0.472 e. The van der Waals surface area contributed by atoms with Gasteiger partial charge in [0, 0.05) is 11.5 Å². The molecule has 1 N–H and O–H groups in total. The highest BCUT2D eigenvalue weighted by Crippen LogP contribution is 2.49. The van der Waals surface area contributed by atoms with Crippen LogP contribution in [0.3, 0.4) is 0 Å². The van der Waals surface area contributed by atoms with Crippen LogP contribution in [0.15, 0.2) is 35.6 Å². The van der Waals surface area contributed by atoms with Crippen molar-refractivity contribution >= 4 is 11.9 Å². The number of hydrogen-bond donors (Lipinski definition) is 1. The van der Waals surface area contributed by atoms with Crippen LogP contribution >= 0.6 is 0 Å². The average molecular weight is 292 g/mol. The topological polar surface area (TPSA) is 82.1 Å². The summed E-state index contributed by atoms with van der Waals surface area (Å²) in [6, 6.07) is 0. The molecule has 0 bridgehead atoms. The third-order valence-electron chi connectivity index (χ3n) is 4.21. The van der Waals surface area contributed by atoms with Crippen LogP contribution in [0.5, 0.6) is 0 Å². The number of fused-ring (bicyclic) bond motifs is 2. The number of ether oxygens (including phenoxy) is 3. The Hall–Kier alpha value is -2.08. The lowest BCUT2D eigenvalue weighted by Gasteiger charge is -2.37. The molecule has 0 aromatic heterocycles. The minimum absolute atomic E-state index is 0.301. The van der Waals surface area contributed by atoms with Crippen LogP contribution in [-0.4, -0.2) is 36.0 Å². The molecule has 1 spiro atoms. The van der Waals surface area contributed by atoms with Crippen molar-refractivity contribution in [2.75, 3.05) is 7.11 Å². The number of methoxy groups -OCH3 is 1. The van der Waals surface area contributed by atoms with E-state index in [-0.39, 0.29) is 0 Å². The molecular weight excluding hydrogens is 276 g/mol. The zero-order valence-electron chi connectivity index (χ0n) is 11.7. The van der Waals surface area contributed by atoms with Crippen LogP contribution in [0.25, 0.3) is 0 Å². The maximum absolute atomic E-state index is 11.9. The quantitative estimate of drug-likeness (QED) is 0.599. The van der Waals surface area contributed by atoms with Gasteiger partial charge in [0.2, 0.25) is 6.29 Å². The maximum Gasteiger partial charge on any atom is 0.337 e. The first-order chi connectivity index (χ1) is 10.0. The number of hydrogen-bond acceptors (Lipinski definition) is 6. The highest BCUT2D eigenvalue weighted by Gasteiger charge is 2.57. The fraction of sp³-hybridized carbons (Fsp3) is 0.467. The Morgan fingerprint density at radius 1 is 1.52 bits per heavy atom. The van der Waals surface area contributed by atoms with Gasteiger partial charge in [-0.15, -0.1) is 0 Å². The van der Waals surface area contributed by atoms with Crippen LogP contribution in [0.1, 0.15) is 13.3 Å². The van der Waals surface area contributed by atoms with Crippen molar-refractivity contribution in [2.24, 2.45) is 11.8 Å². The zero-order chi connectivity index (χ0) is 15.2. The van der Waals surface area contributed by atoms with Gasteiger partial charge in [-0.3, -0.25) is 0 Å². The third kappa shape index (κ3) is 1.90. The van der Waals surface area contributed by atoms with E-state index in [2.05, 4.69) is 0 Å². The van der Waals surface area contributed by atoms with Gasteiger partial charge in [0.05, 0.1) is 24.9 Å². The number of esters is 2. The van der Waals surface area contributed by atoms with Crippen LogP contribution < -0.4 is 0 Å². The number of aliphatic hydroxyl groups excluding tert-OH is 1. The average Bonchev–Trinajstić information content (AvgIpc) is 3.00. The lowest BCUT2D eigenvalue weighted by atomic mass is 9.79. The molecule has 4 unspecified atom stereocenters. The maximum atomic E-state index is 11.9. The fourth-order valence-corrected chi connectivity index (χ4v) is 3.15. The number of carbonyl (C=O) groups excluding carboxylic acids is 2. The molecular formula is C15H16O6. The molecule has 1 aliphatic carbocycles. The van der Waals surface area contributed by atoms with Crippen LogP contribution in [0, 0.1) is 11.8 Å². The Morgan fingerprint density at radius 3 is 2.90 bits per heavy atom. The zero-order valence-corrected chi connectivity index (χ0v) is 11.7. The Labute approximate surface area is 121 Å². The molecule has 3 rings (SSSR count). The summed E-state index contributed by atoms with van der Waals surface area (Å²) in [6.07, 6.45) is 5.76. The summed E-state index contributed by atoms with van der Waals surface area (Å²) in [7, 11) is 1.28. The van der Waals surface area contributed by atoms with Gasteiger partial charge in [-0.25, -0.2) is 9.59 Å². The lowest BCUT2D eigenvalue weighted by molar-refractivity contribution is -0.172. The summed E-state index contributed by atoms with van der Waals surface area (Å²) < 4.78 is 15.3. The van der Waals surface area contributed by atoms with E-state index in [1.165, 1.54) is 13.4 Å². The second-order valence-corrected chi connectivity index (χ2v) is 5.27. The molecule has 3 aliphatic rings. The van der Waals surface area contributed by atoms with Gasteiger partial charge < -0.3 is 19.3 Å². The van der Waals surface area contributed by atoms with Gasteiger partial charge in [0.25, 0.3) is 0 Å². The van der Waals surface area contributed by atoms with Gasteiger partial charge in [-0.2, -0.15) is 0 Å². The van der Waals surface area contributed by atoms with E-state index in [0.29, 0.717) is 17.6 Å². The number of aliphatic hydroxyl groups is 1. The number of carbonyl (C=O) groups is 2. The van der Waals surface area contributed by atoms with Crippen molar-refractivity contribution in [1.29, 1.82) is 0 Å². The molecule has 6 heteroatoms. The Morgan fingerprint density at radius 2 is 2.29 bits per heavy atom. The van der Waals surface area contributed by atoms with Gasteiger partial charge in [-0.1, -0.05) is 13.0 Å². The second-order valence-electron chi connectivity index (χ2n) is 5.27. The Bertz CT molecular complexity index is 587. The molecule has 2 aliphatic heterocycles. The highest BCUT2D eigenvalue weighted by atomic mass is 16.6. The molecule has 0 fully saturated rings. The van der Waals surface area contributed by atoms with Gasteiger partial charge in [-0.05, 0) is 18.6 Å².